The van der Waals surface area contributed by atoms with Gasteiger partial charge in [-0.05, 0) is 24.3 Å². The topological polar surface area (TPSA) is 85.4 Å². The number of nitrogens with zero attached hydrogens (tertiary/aromatic N) is 1. The molecule has 2 rings (SSSR count). The Morgan fingerprint density at radius 1 is 1.24 bits per heavy atom. The number of anilines is 1. The van der Waals surface area contributed by atoms with Gasteiger partial charge in [0.15, 0.2) is 5.76 Å². The molecule has 1 heterocycles. The molecule has 0 atom stereocenters. The van der Waals surface area contributed by atoms with E-state index in [0.717, 1.165) is 0 Å². The van der Waals surface area contributed by atoms with Crippen molar-refractivity contribution in [3.8, 4) is 0 Å². The van der Waals surface area contributed by atoms with E-state index in [0.29, 0.717) is 5.69 Å². The number of nitro groups is 1. The van der Waals surface area contributed by atoms with Crippen molar-refractivity contribution in [2.45, 2.75) is 0 Å². The molecular formula is C11H8N2O4. The van der Waals surface area contributed by atoms with Gasteiger partial charge in [0.25, 0.3) is 11.6 Å². The van der Waals surface area contributed by atoms with Gasteiger partial charge in [0, 0.05) is 17.8 Å². The van der Waals surface area contributed by atoms with Crippen molar-refractivity contribution in [2.75, 3.05) is 5.32 Å². The van der Waals surface area contributed by atoms with Crippen molar-refractivity contribution in [2.24, 2.45) is 0 Å². The molecule has 0 bridgehead atoms. The average Bonchev–Trinajstić information content (AvgIpc) is 2.83. The Kier molecular flexibility index (Phi) is 2.87. The number of hydrogen-bond donors (Lipinski definition) is 1. The highest BCUT2D eigenvalue weighted by molar-refractivity contribution is 6.02. The summed E-state index contributed by atoms with van der Waals surface area (Å²) in [4.78, 5) is 21.5. The molecular weight excluding hydrogens is 224 g/mol. The Labute approximate surface area is 96.0 Å². The third-order valence-electron chi connectivity index (χ3n) is 2.08. The molecule has 1 aromatic carbocycles. The summed E-state index contributed by atoms with van der Waals surface area (Å²) in [5.74, 6) is -0.216. The Bertz CT molecular complexity index is 531. The molecule has 0 radical (unpaired) electrons. The molecule has 6 nitrogen and oxygen atoms in total. The molecule has 0 spiro atoms. The van der Waals surface area contributed by atoms with E-state index in [9.17, 15) is 14.9 Å². The molecule has 0 aliphatic heterocycles. The lowest BCUT2D eigenvalue weighted by atomic mass is 10.3. The van der Waals surface area contributed by atoms with Crippen molar-refractivity contribution >= 4 is 17.3 Å². The number of non-ortho nitro benzene ring substituents is 1. The van der Waals surface area contributed by atoms with Crippen molar-refractivity contribution in [3.63, 3.8) is 0 Å². The fourth-order valence-corrected chi connectivity index (χ4v) is 1.27. The van der Waals surface area contributed by atoms with Gasteiger partial charge in [-0.25, -0.2) is 0 Å². The molecule has 0 aliphatic rings. The molecule has 0 saturated heterocycles. The van der Waals surface area contributed by atoms with E-state index < -0.39 is 10.8 Å². The first kappa shape index (κ1) is 10.9. The van der Waals surface area contributed by atoms with Crippen LogP contribution in [0.15, 0.2) is 47.1 Å². The van der Waals surface area contributed by atoms with E-state index >= 15 is 0 Å². The van der Waals surface area contributed by atoms with E-state index in [2.05, 4.69) is 5.32 Å². The number of rotatable bonds is 3. The van der Waals surface area contributed by atoms with Crippen molar-refractivity contribution < 1.29 is 14.1 Å². The van der Waals surface area contributed by atoms with Crippen LogP contribution in [0.1, 0.15) is 10.6 Å². The van der Waals surface area contributed by atoms with Crippen molar-refractivity contribution in [3.05, 3.63) is 58.5 Å². The van der Waals surface area contributed by atoms with Crippen LogP contribution >= 0.6 is 0 Å². The molecule has 1 N–H and O–H groups in total. The van der Waals surface area contributed by atoms with Crippen LogP contribution < -0.4 is 5.32 Å². The number of carbonyl (C=O) groups excluding carboxylic acids is 1. The monoisotopic (exact) mass is 232 g/mol. The number of nitro benzene ring substituents is 1. The van der Waals surface area contributed by atoms with Gasteiger partial charge in [-0.1, -0.05) is 0 Å². The summed E-state index contributed by atoms with van der Waals surface area (Å²) in [5, 5.41) is 13.0. The molecule has 2 aromatic rings. The first-order chi connectivity index (χ1) is 8.16. The van der Waals surface area contributed by atoms with Gasteiger partial charge >= 0.3 is 0 Å². The molecule has 1 amide bonds. The van der Waals surface area contributed by atoms with Gasteiger partial charge in [-0.3, -0.25) is 14.9 Å². The van der Waals surface area contributed by atoms with Gasteiger partial charge in [0.2, 0.25) is 0 Å². The number of carbonyl (C=O) groups is 1. The lowest BCUT2D eigenvalue weighted by Gasteiger charge is -2.02. The molecule has 1 aromatic heterocycles. The van der Waals surface area contributed by atoms with Crippen LogP contribution in [-0.4, -0.2) is 10.8 Å². The van der Waals surface area contributed by atoms with E-state index in [1.54, 1.807) is 6.07 Å². The molecule has 6 heteroatoms. The SMILES string of the molecule is O=C(Nc1ccc([N+](=O)[O-])cc1)c1ccco1. The zero-order valence-corrected chi connectivity index (χ0v) is 8.62. The number of furan rings is 1. The zero-order chi connectivity index (χ0) is 12.3. The fraction of sp³-hybridized carbons (Fsp3) is 0. The summed E-state index contributed by atoms with van der Waals surface area (Å²) >= 11 is 0. The molecule has 0 aliphatic carbocycles. The second kappa shape index (κ2) is 4.48. The zero-order valence-electron chi connectivity index (χ0n) is 8.62. The Hall–Kier alpha value is -2.63. The molecule has 0 fully saturated rings. The maximum atomic E-state index is 11.6. The third-order valence-corrected chi connectivity index (χ3v) is 2.08. The standard InChI is InChI=1S/C11H8N2O4/c14-11(10-2-1-7-17-10)12-8-3-5-9(6-4-8)13(15)16/h1-7H,(H,12,14). The van der Waals surface area contributed by atoms with Crippen LogP contribution in [0.5, 0.6) is 0 Å². The van der Waals surface area contributed by atoms with E-state index in [1.807, 2.05) is 0 Å². The van der Waals surface area contributed by atoms with Crippen LogP contribution in [0, 0.1) is 10.1 Å². The minimum Gasteiger partial charge on any atom is -0.459 e. The first-order valence-corrected chi connectivity index (χ1v) is 4.76. The summed E-state index contributed by atoms with van der Waals surface area (Å²) in [5.41, 5.74) is 0.443. The first-order valence-electron chi connectivity index (χ1n) is 4.76. The molecule has 0 saturated carbocycles. The second-order valence-corrected chi connectivity index (χ2v) is 3.24. The predicted molar refractivity (Wildman–Crippen MR) is 59.8 cm³/mol. The highest BCUT2D eigenvalue weighted by Crippen LogP contribution is 2.16. The van der Waals surface area contributed by atoms with Crippen LogP contribution in [-0.2, 0) is 0 Å². The van der Waals surface area contributed by atoms with E-state index in [-0.39, 0.29) is 11.4 Å². The predicted octanol–water partition coefficient (Wildman–Crippen LogP) is 2.44. The summed E-state index contributed by atoms with van der Waals surface area (Å²) in [6.07, 6.45) is 1.39. The van der Waals surface area contributed by atoms with Gasteiger partial charge in [0.05, 0.1) is 11.2 Å². The minimum atomic E-state index is -0.502. The summed E-state index contributed by atoms with van der Waals surface area (Å²) < 4.78 is 4.91. The van der Waals surface area contributed by atoms with Crippen LogP contribution in [0.4, 0.5) is 11.4 Å². The quantitative estimate of drug-likeness (QED) is 0.650. The Balaban J connectivity index is 2.09. The largest absolute Gasteiger partial charge is 0.459 e. The number of hydrogen-bond acceptors (Lipinski definition) is 4. The van der Waals surface area contributed by atoms with Gasteiger partial charge in [0.1, 0.15) is 0 Å². The van der Waals surface area contributed by atoms with Crippen LogP contribution in [0.2, 0.25) is 0 Å². The lowest BCUT2D eigenvalue weighted by Crippen LogP contribution is -2.10. The second-order valence-electron chi connectivity index (χ2n) is 3.24. The number of amides is 1. The van der Waals surface area contributed by atoms with Gasteiger partial charge in [-0.15, -0.1) is 0 Å². The summed E-state index contributed by atoms with van der Waals surface area (Å²) in [6.45, 7) is 0. The highest BCUT2D eigenvalue weighted by atomic mass is 16.6. The Morgan fingerprint density at radius 2 is 1.94 bits per heavy atom. The maximum absolute atomic E-state index is 11.6. The van der Waals surface area contributed by atoms with Gasteiger partial charge in [-0.2, -0.15) is 0 Å². The molecule has 17 heavy (non-hydrogen) atoms. The summed E-state index contributed by atoms with van der Waals surface area (Å²) in [6, 6.07) is 8.68. The molecule has 86 valence electrons. The van der Waals surface area contributed by atoms with E-state index in [1.165, 1.54) is 36.6 Å². The summed E-state index contributed by atoms with van der Waals surface area (Å²) in [7, 11) is 0. The Morgan fingerprint density at radius 3 is 2.47 bits per heavy atom. The number of benzene rings is 1. The van der Waals surface area contributed by atoms with Crippen molar-refractivity contribution in [1.29, 1.82) is 0 Å². The fourth-order valence-electron chi connectivity index (χ4n) is 1.27. The van der Waals surface area contributed by atoms with Crippen molar-refractivity contribution in [1.82, 2.24) is 0 Å². The lowest BCUT2D eigenvalue weighted by molar-refractivity contribution is -0.384. The highest BCUT2D eigenvalue weighted by Gasteiger charge is 2.09. The third kappa shape index (κ3) is 2.49. The smallest absolute Gasteiger partial charge is 0.291 e. The maximum Gasteiger partial charge on any atom is 0.291 e. The van der Waals surface area contributed by atoms with Crippen LogP contribution in [0.3, 0.4) is 0 Å². The van der Waals surface area contributed by atoms with E-state index in [4.69, 9.17) is 4.42 Å². The average molecular weight is 232 g/mol. The number of nitrogens with one attached hydrogen (secondary N) is 1. The van der Waals surface area contributed by atoms with Gasteiger partial charge < -0.3 is 9.73 Å². The normalized spacial score (nSPS) is 9.88. The molecule has 0 unspecified atom stereocenters. The van der Waals surface area contributed by atoms with Crippen LogP contribution in [0.25, 0.3) is 0 Å². The minimum absolute atomic E-state index is 0.0269.